The predicted molar refractivity (Wildman–Crippen MR) is 159 cm³/mol. The van der Waals surface area contributed by atoms with Crippen LogP contribution in [0.15, 0.2) is 92.3 Å². The van der Waals surface area contributed by atoms with Crippen molar-refractivity contribution in [1.29, 1.82) is 0 Å². The first-order chi connectivity index (χ1) is 19.3. The first kappa shape index (κ1) is 27.4. The third-order valence-electron chi connectivity index (χ3n) is 6.50. The molecule has 2 heterocycles. The summed E-state index contributed by atoms with van der Waals surface area (Å²) >= 11 is 4.76. The summed E-state index contributed by atoms with van der Waals surface area (Å²) in [6, 6.07) is 19.4. The molecular weight excluding hydrogens is 594 g/mol. The molecule has 40 heavy (non-hydrogen) atoms. The van der Waals surface area contributed by atoms with Gasteiger partial charge >= 0.3 is 0 Å². The van der Waals surface area contributed by atoms with E-state index < -0.39 is 6.04 Å². The van der Waals surface area contributed by atoms with Crippen LogP contribution in [0.4, 0.5) is 5.69 Å². The number of anilines is 1. The average Bonchev–Trinajstić information content (AvgIpc) is 3.26. The van der Waals surface area contributed by atoms with Crippen molar-refractivity contribution < 1.29 is 19.0 Å². The van der Waals surface area contributed by atoms with Crippen molar-refractivity contribution in [2.45, 2.75) is 13.0 Å². The number of allylic oxidation sites excluding steroid dienone is 1. The molecule has 0 bridgehead atoms. The van der Waals surface area contributed by atoms with Gasteiger partial charge in [0.05, 0.1) is 47.6 Å². The fraction of sp³-hybridized carbons (Fsp3) is 0.167. The van der Waals surface area contributed by atoms with Crippen LogP contribution >= 0.6 is 27.3 Å². The molecule has 0 spiro atoms. The number of halogens is 1. The molecule has 5 rings (SSSR count). The Kier molecular flexibility index (Phi) is 7.90. The zero-order chi connectivity index (χ0) is 28.4. The van der Waals surface area contributed by atoms with E-state index in [-0.39, 0.29) is 11.5 Å². The van der Waals surface area contributed by atoms with Gasteiger partial charge in [-0.25, -0.2) is 4.99 Å². The van der Waals surface area contributed by atoms with Crippen LogP contribution < -0.4 is 34.4 Å². The minimum atomic E-state index is -0.721. The third-order valence-corrected chi connectivity index (χ3v) is 8.10. The standard InChI is InChI=1S/C30H26BrN3O5S/c1-17-26(28(35)33-20-10-6-5-7-11-20)27(18-9-8-12-21(13-18)37-2)34-29(36)25(40-30(34)32-17)15-19-14-22(31)24(39-4)16-23(19)38-3/h5-16,27H,1-4H3,(H,33,35)/b25-15-/t27-/m1/s1. The van der Waals surface area contributed by atoms with E-state index >= 15 is 0 Å². The molecule has 1 aliphatic heterocycles. The second-order valence-electron chi connectivity index (χ2n) is 8.91. The first-order valence-corrected chi connectivity index (χ1v) is 13.9. The number of benzene rings is 3. The van der Waals surface area contributed by atoms with Crippen molar-refractivity contribution in [3.05, 3.63) is 113 Å². The van der Waals surface area contributed by atoms with E-state index in [2.05, 4.69) is 21.2 Å². The number of ether oxygens (including phenoxy) is 3. The number of amides is 1. The van der Waals surface area contributed by atoms with Crippen LogP contribution in [-0.2, 0) is 4.79 Å². The summed E-state index contributed by atoms with van der Waals surface area (Å²) in [5.41, 5.74) is 2.69. The van der Waals surface area contributed by atoms with Crippen LogP contribution in [0.2, 0.25) is 0 Å². The number of hydrogen-bond acceptors (Lipinski definition) is 7. The summed E-state index contributed by atoms with van der Waals surface area (Å²) in [5, 5.41) is 2.96. The molecule has 204 valence electrons. The third kappa shape index (κ3) is 5.20. The summed E-state index contributed by atoms with van der Waals surface area (Å²) in [4.78, 5) is 32.9. The largest absolute Gasteiger partial charge is 0.497 e. The predicted octanol–water partition coefficient (Wildman–Crippen LogP) is 4.66. The molecule has 0 radical (unpaired) electrons. The van der Waals surface area contributed by atoms with Crippen LogP contribution in [0.5, 0.6) is 17.2 Å². The minimum Gasteiger partial charge on any atom is -0.497 e. The molecule has 0 fully saturated rings. The monoisotopic (exact) mass is 619 g/mol. The lowest BCUT2D eigenvalue weighted by Crippen LogP contribution is -2.40. The van der Waals surface area contributed by atoms with E-state index in [9.17, 15) is 9.59 Å². The second-order valence-corrected chi connectivity index (χ2v) is 10.8. The highest BCUT2D eigenvalue weighted by molar-refractivity contribution is 9.10. The highest BCUT2D eigenvalue weighted by Crippen LogP contribution is 2.34. The number of nitrogens with zero attached hydrogens (tertiary/aromatic N) is 2. The number of aromatic nitrogens is 1. The molecule has 8 nitrogen and oxygen atoms in total. The summed E-state index contributed by atoms with van der Waals surface area (Å²) in [5.74, 6) is 1.44. The van der Waals surface area contributed by atoms with E-state index in [1.54, 1.807) is 45.0 Å². The molecule has 1 atom stereocenters. The Bertz CT molecular complexity index is 1810. The Labute approximate surface area is 243 Å². The van der Waals surface area contributed by atoms with E-state index in [4.69, 9.17) is 19.2 Å². The molecule has 1 aromatic heterocycles. The number of carbonyl (C=O) groups excluding carboxylic acids is 1. The fourth-order valence-electron chi connectivity index (χ4n) is 4.60. The van der Waals surface area contributed by atoms with Crippen molar-refractivity contribution in [2.75, 3.05) is 26.6 Å². The summed E-state index contributed by atoms with van der Waals surface area (Å²) in [6.45, 7) is 1.79. The second kappa shape index (κ2) is 11.5. The van der Waals surface area contributed by atoms with Gasteiger partial charge in [0.15, 0.2) is 4.80 Å². The fourth-order valence-corrected chi connectivity index (χ4v) is 6.16. The molecule has 0 unspecified atom stereocenters. The van der Waals surface area contributed by atoms with Crippen molar-refractivity contribution in [3.8, 4) is 17.2 Å². The van der Waals surface area contributed by atoms with Gasteiger partial charge in [-0.1, -0.05) is 41.7 Å². The Balaban J connectivity index is 1.70. The van der Waals surface area contributed by atoms with Crippen molar-refractivity contribution in [1.82, 2.24) is 4.57 Å². The van der Waals surface area contributed by atoms with E-state index in [0.29, 0.717) is 49.1 Å². The normalized spacial score (nSPS) is 14.8. The summed E-state index contributed by atoms with van der Waals surface area (Å²) in [6.07, 6.45) is 1.76. The molecule has 3 aromatic carbocycles. The average molecular weight is 621 g/mol. The minimum absolute atomic E-state index is 0.275. The molecule has 0 saturated carbocycles. The molecule has 4 aromatic rings. The highest BCUT2D eigenvalue weighted by Gasteiger charge is 2.32. The van der Waals surface area contributed by atoms with Crippen LogP contribution in [-0.4, -0.2) is 31.8 Å². The van der Waals surface area contributed by atoms with Crippen molar-refractivity contribution >= 4 is 44.9 Å². The Morgan fingerprint density at radius 3 is 2.45 bits per heavy atom. The number of thiazole rings is 1. The van der Waals surface area contributed by atoms with Gasteiger partial charge in [-0.3, -0.25) is 14.2 Å². The smallest absolute Gasteiger partial charge is 0.271 e. The lowest BCUT2D eigenvalue weighted by molar-refractivity contribution is -0.113. The van der Waals surface area contributed by atoms with Crippen LogP contribution in [0.3, 0.4) is 0 Å². The molecule has 1 N–H and O–H groups in total. The van der Waals surface area contributed by atoms with Gasteiger partial charge in [0, 0.05) is 17.3 Å². The number of fused-ring (bicyclic) bond motifs is 1. The van der Waals surface area contributed by atoms with E-state index in [0.717, 1.165) is 10.0 Å². The van der Waals surface area contributed by atoms with Crippen LogP contribution in [0.1, 0.15) is 24.1 Å². The maximum atomic E-state index is 14.0. The van der Waals surface area contributed by atoms with E-state index in [1.165, 1.54) is 11.3 Å². The molecule has 1 amide bonds. The maximum Gasteiger partial charge on any atom is 0.271 e. The van der Waals surface area contributed by atoms with Gasteiger partial charge in [-0.05, 0) is 64.8 Å². The molecule has 0 saturated heterocycles. The van der Waals surface area contributed by atoms with Crippen molar-refractivity contribution in [3.63, 3.8) is 0 Å². The topological polar surface area (TPSA) is 91.2 Å². The molecule has 10 heteroatoms. The molecule has 0 aliphatic carbocycles. The number of methoxy groups -OCH3 is 3. The number of para-hydroxylation sites is 1. The Hall–Kier alpha value is -4.15. The van der Waals surface area contributed by atoms with Crippen molar-refractivity contribution in [2.24, 2.45) is 4.99 Å². The molecule has 1 aliphatic rings. The first-order valence-electron chi connectivity index (χ1n) is 12.3. The van der Waals surface area contributed by atoms with Gasteiger partial charge in [0.1, 0.15) is 17.2 Å². The number of carbonyl (C=O) groups is 1. The van der Waals surface area contributed by atoms with Crippen LogP contribution in [0.25, 0.3) is 6.08 Å². The summed E-state index contributed by atoms with van der Waals surface area (Å²) < 4.78 is 19.1. The van der Waals surface area contributed by atoms with Gasteiger partial charge in [0.25, 0.3) is 11.5 Å². The number of nitrogens with one attached hydrogen (secondary N) is 1. The van der Waals surface area contributed by atoms with Gasteiger partial charge < -0.3 is 19.5 Å². The van der Waals surface area contributed by atoms with Gasteiger partial charge in [-0.2, -0.15) is 0 Å². The SMILES string of the molecule is COc1cccc([C@@H]2C(C(=O)Nc3ccccc3)=C(C)N=c3s/c(=C\c4cc(Br)c(OC)cc4OC)c(=O)n32)c1. The summed E-state index contributed by atoms with van der Waals surface area (Å²) in [7, 11) is 4.71. The number of rotatable bonds is 7. The highest BCUT2D eigenvalue weighted by atomic mass is 79.9. The zero-order valence-electron chi connectivity index (χ0n) is 22.2. The molecular formula is C30H26BrN3O5S. The Morgan fingerprint density at radius 2 is 1.75 bits per heavy atom. The maximum absolute atomic E-state index is 14.0. The Morgan fingerprint density at radius 1 is 1.00 bits per heavy atom. The quantitative estimate of drug-likeness (QED) is 0.325. The van der Waals surface area contributed by atoms with Crippen LogP contribution in [0, 0.1) is 0 Å². The zero-order valence-corrected chi connectivity index (χ0v) is 24.6. The lowest BCUT2D eigenvalue weighted by atomic mass is 9.95. The number of hydrogen-bond donors (Lipinski definition) is 1. The van der Waals surface area contributed by atoms with Gasteiger partial charge in [-0.15, -0.1) is 0 Å². The van der Waals surface area contributed by atoms with Gasteiger partial charge in [0.2, 0.25) is 0 Å². The van der Waals surface area contributed by atoms with E-state index in [1.807, 2.05) is 60.7 Å². The lowest BCUT2D eigenvalue weighted by Gasteiger charge is -2.25.